The van der Waals surface area contributed by atoms with E-state index in [1.165, 1.54) is 18.5 Å². The summed E-state index contributed by atoms with van der Waals surface area (Å²) < 4.78 is 28.3. The van der Waals surface area contributed by atoms with Gasteiger partial charge in [0.15, 0.2) is 0 Å². The molecule has 0 spiro atoms. The van der Waals surface area contributed by atoms with Gasteiger partial charge in [0.1, 0.15) is 17.5 Å². The summed E-state index contributed by atoms with van der Waals surface area (Å²) in [5, 5.41) is 2.54. The topological polar surface area (TPSA) is 72.7 Å². The highest BCUT2D eigenvalue weighted by Gasteiger charge is 2.05. The van der Waals surface area contributed by atoms with E-state index in [1.54, 1.807) is 17.0 Å². The number of aryl methyl sites for hydroxylation is 1. The third-order valence-corrected chi connectivity index (χ3v) is 3.32. The number of halogens is 2. The maximum atomic E-state index is 13.5. The molecule has 2 heterocycles. The average molecular weight is 341 g/mol. The van der Waals surface area contributed by atoms with Crippen LogP contribution < -0.4 is 5.32 Å². The number of hydrogen-bond acceptors (Lipinski definition) is 4. The largest absolute Gasteiger partial charge is 0.320 e. The van der Waals surface area contributed by atoms with Crippen molar-refractivity contribution in [3.8, 4) is 5.95 Å². The van der Waals surface area contributed by atoms with Crippen molar-refractivity contribution in [2.45, 2.75) is 6.92 Å². The van der Waals surface area contributed by atoms with Gasteiger partial charge in [0, 0.05) is 24.0 Å². The van der Waals surface area contributed by atoms with E-state index in [0.717, 1.165) is 30.1 Å². The van der Waals surface area contributed by atoms with Crippen LogP contribution >= 0.6 is 0 Å². The second-order valence-corrected chi connectivity index (χ2v) is 5.10. The zero-order chi connectivity index (χ0) is 17.8. The van der Waals surface area contributed by atoms with Crippen molar-refractivity contribution in [3.63, 3.8) is 0 Å². The summed E-state index contributed by atoms with van der Waals surface area (Å²) >= 11 is 0. The maximum Gasteiger partial charge on any atom is 0.248 e. The predicted molar refractivity (Wildman–Crippen MR) is 87.9 cm³/mol. The monoisotopic (exact) mass is 341 g/mol. The summed E-state index contributed by atoms with van der Waals surface area (Å²) in [7, 11) is 0. The fourth-order valence-electron chi connectivity index (χ4n) is 2.09. The lowest BCUT2D eigenvalue weighted by Crippen LogP contribution is -2.09. The maximum absolute atomic E-state index is 13.5. The molecular formula is C17H13F2N5O. The number of nitrogens with zero attached hydrogens (tertiary/aromatic N) is 4. The highest BCUT2D eigenvalue weighted by molar-refractivity contribution is 6.01. The Labute approximate surface area is 141 Å². The average Bonchev–Trinajstić information content (AvgIpc) is 3.02. The standard InChI is InChI=1S/C17H13F2N5O/c1-11-20-6-7-24(11)17-21-9-14(10-22-17)23-16(25)5-2-12-8-13(18)3-4-15(12)19/h2-10H,1H3,(H,23,25)/b5-2+. The zero-order valence-electron chi connectivity index (χ0n) is 13.1. The van der Waals surface area contributed by atoms with Crippen LogP contribution in [0, 0.1) is 18.6 Å². The van der Waals surface area contributed by atoms with Crippen molar-refractivity contribution >= 4 is 17.7 Å². The van der Waals surface area contributed by atoms with E-state index in [-0.39, 0.29) is 5.56 Å². The molecule has 0 unspecified atom stereocenters. The summed E-state index contributed by atoms with van der Waals surface area (Å²) in [5.41, 5.74) is 0.355. The Bertz CT molecular complexity index is 934. The Morgan fingerprint density at radius 3 is 2.64 bits per heavy atom. The second-order valence-electron chi connectivity index (χ2n) is 5.10. The number of imidazole rings is 1. The fourth-order valence-corrected chi connectivity index (χ4v) is 2.09. The molecule has 3 aromatic rings. The van der Waals surface area contributed by atoms with E-state index in [4.69, 9.17) is 0 Å². The summed E-state index contributed by atoms with van der Waals surface area (Å²) in [6.45, 7) is 1.81. The minimum Gasteiger partial charge on any atom is -0.320 e. The van der Waals surface area contributed by atoms with Gasteiger partial charge in [0.05, 0.1) is 18.1 Å². The van der Waals surface area contributed by atoms with Gasteiger partial charge in [-0.1, -0.05) is 0 Å². The van der Waals surface area contributed by atoms with Crippen molar-refractivity contribution in [1.29, 1.82) is 0 Å². The third kappa shape index (κ3) is 3.92. The van der Waals surface area contributed by atoms with Gasteiger partial charge in [-0.05, 0) is 31.2 Å². The van der Waals surface area contributed by atoms with E-state index in [9.17, 15) is 13.6 Å². The third-order valence-electron chi connectivity index (χ3n) is 3.32. The lowest BCUT2D eigenvalue weighted by Gasteiger charge is -2.05. The van der Waals surface area contributed by atoms with Crippen molar-refractivity contribution in [3.05, 3.63) is 72.1 Å². The minimum atomic E-state index is -0.617. The molecule has 8 heteroatoms. The molecule has 0 fully saturated rings. The summed E-state index contributed by atoms with van der Waals surface area (Å²) in [5.74, 6) is -0.560. The quantitative estimate of drug-likeness (QED) is 0.741. The van der Waals surface area contributed by atoms with Gasteiger partial charge in [-0.2, -0.15) is 0 Å². The molecule has 1 amide bonds. The summed E-state index contributed by atoms with van der Waals surface area (Å²) in [6.07, 6.45) is 8.53. The van der Waals surface area contributed by atoms with E-state index < -0.39 is 17.5 Å². The molecule has 1 N–H and O–H groups in total. The fraction of sp³-hybridized carbons (Fsp3) is 0.0588. The molecule has 1 aromatic carbocycles. The first-order valence-corrected chi connectivity index (χ1v) is 7.29. The SMILES string of the molecule is Cc1nccn1-c1ncc(NC(=O)/C=C/c2cc(F)ccc2F)cn1. The molecule has 0 saturated heterocycles. The van der Waals surface area contributed by atoms with Crippen molar-refractivity contribution in [1.82, 2.24) is 19.5 Å². The Morgan fingerprint density at radius 1 is 1.20 bits per heavy atom. The number of hydrogen-bond donors (Lipinski definition) is 1. The van der Waals surface area contributed by atoms with Crippen LogP contribution in [-0.4, -0.2) is 25.4 Å². The lowest BCUT2D eigenvalue weighted by molar-refractivity contribution is -0.111. The van der Waals surface area contributed by atoms with Gasteiger partial charge < -0.3 is 5.32 Å². The first-order valence-electron chi connectivity index (χ1n) is 7.29. The van der Waals surface area contributed by atoms with Crippen LogP contribution in [0.5, 0.6) is 0 Å². The molecule has 126 valence electrons. The number of benzene rings is 1. The number of carbonyl (C=O) groups is 1. The van der Waals surface area contributed by atoms with Crippen LogP contribution in [0.15, 0.2) is 49.1 Å². The van der Waals surface area contributed by atoms with Crippen molar-refractivity contribution in [2.75, 3.05) is 5.32 Å². The predicted octanol–water partition coefficient (Wildman–Crippen LogP) is 2.90. The highest BCUT2D eigenvalue weighted by Crippen LogP contribution is 2.12. The van der Waals surface area contributed by atoms with Gasteiger partial charge in [-0.3, -0.25) is 9.36 Å². The van der Waals surface area contributed by atoms with Crippen LogP contribution in [0.1, 0.15) is 11.4 Å². The number of aromatic nitrogens is 4. The lowest BCUT2D eigenvalue weighted by atomic mass is 10.2. The van der Waals surface area contributed by atoms with Crippen molar-refractivity contribution < 1.29 is 13.6 Å². The molecule has 6 nitrogen and oxygen atoms in total. The van der Waals surface area contributed by atoms with Gasteiger partial charge in [0.2, 0.25) is 11.9 Å². The van der Waals surface area contributed by atoms with Crippen LogP contribution in [0.2, 0.25) is 0 Å². The summed E-state index contributed by atoms with van der Waals surface area (Å²) in [4.78, 5) is 24.2. The number of anilines is 1. The Kier molecular flexibility index (Phi) is 4.60. The normalized spacial score (nSPS) is 11.0. The van der Waals surface area contributed by atoms with E-state index in [0.29, 0.717) is 11.6 Å². The van der Waals surface area contributed by atoms with Gasteiger partial charge in [-0.15, -0.1) is 0 Å². The van der Waals surface area contributed by atoms with Crippen LogP contribution in [-0.2, 0) is 4.79 Å². The first kappa shape index (κ1) is 16.4. The number of nitrogens with one attached hydrogen (secondary N) is 1. The molecule has 0 atom stereocenters. The molecule has 0 saturated carbocycles. The molecular weight excluding hydrogens is 328 g/mol. The van der Waals surface area contributed by atoms with Crippen LogP contribution in [0.25, 0.3) is 12.0 Å². The number of rotatable bonds is 4. The number of amides is 1. The van der Waals surface area contributed by atoms with Crippen LogP contribution in [0.4, 0.5) is 14.5 Å². The molecule has 3 rings (SSSR count). The van der Waals surface area contributed by atoms with E-state index in [1.807, 2.05) is 6.92 Å². The van der Waals surface area contributed by atoms with Crippen LogP contribution in [0.3, 0.4) is 0 Å². The number of carbonyl (C=O) groups excluding carboxylic acids is 1. The second kappa shape index (κ2) is 7.00. The highest BCUT2D eigenvalue weighted by atomic mass is 19.1. The Morgan fingerprint density at radius 2 is 1.96 bits per heavy atom. The van der Waals surface area contributed by atoms with E-state index >= 15 is 0 Å². The zero-order valence-corrected chi connectivity index (χ0v) is 13.1. The first-order chi connectivity index (χ1) is 12.0. The van der Waals surface area contributed by atoms with Crippen molar-refractivity contribution in [2.24, 2.45) is 0 Å². The van der Waals surface area contributed by atoms with E-state index in [2.05, 4.69) is 20.3 Å². The molecule has 0 bridgehead atoms. The Balaban J connectivity index is 1.68. The molecule has 2 aromatic heterocycles. The molecule has 25 heavy (non-hydrogen) atoms. The van der Waals surface area contributed by atoms with Gasteiger partial charge in [-0.25, -0.2) is 23.7 Å². The minimum absolute atomic E-state index is 0.0164. The van der Waals surface area contributed by atoms with Gasteiger partial charge in [0.25, 0.3) is 0 Å². The summed E-state index contributed by atoms with van der Waals surface area (Å²) in [6, 6.07) is 3.01. The molecule has 0 aliphatic rings. The van der Waals surface area contributed by atoms with Gasteiger partial charge >= 0.3 is 0 Å². The molecule has 0 aliphatic heterocycles. The molecule has 0 radical (unpaired) electrons. The molecule has 0 aliphatic carbocycles. The Hall–Kier alpha value is -3.42. The smallest absolute Gasteiger partial charge is 0.248 e.